The van der Waals surface area contributed by atoms with Gasteiger partial charge in [-0.15, -0.1) is 0 Å². The molecule has 2 heteroatoms. The van der Waals surface area contributed by atoms with Gasteiger partial charge in [0.2, 0.25) is 0 Å². The minimum atomic E-state index is 0.818. The highest BCUT2D eigenvalue weighted by atomic mass is 14.9. The first-order valence-electron chi connectivity index (χ1n) is 16.3. The van der Waals surface area contributed by atoms with Crippen molar-refractivity contribution in [2.45, 2.75) is 136 Å². The molecule has 39 heavy (non-hydrogen) atoms. The number of rotatable bonds is 21. The van der Waals surface area contributed by atoms with Crippen LogP contribution in [-0.2, 0) is 12.8 Å². The third-order valence-electron chi connectivity index (χ3n) is 8.02. The first-order valence-corrected chi connectivity index (χ1v) is 16.3. The molecule has 0 spiro atoms. The lowest BCUT2D eigenvalue weighted by atomic mass is 10.00. The highest BCUT2D eigenvalue weighted by molar-refractivity contribution is 5.67. The summed E-state index contributed by atoms with van der Waals surface area (Å²) in [6.07, 6.45) is 29.6. The summed E-state index contributed by atoms with van der Waals surface area (Å²) in [4.78, 5) is 9.34. The van der Waals surface area contributed by atoms with Crippen LogP contribution in [0.25, 0.3) is 22.5 Å². The summed E-state index contributed by atoms with van der Waals surface area (Å²) < 4.78 is 0. The number of unbranched alkanes of at least 4 members (excludes halogenated alkanes) is 15. The van der Waals surface area contributed by atoms with Crippen LogP contribution in [0.2, 0.25) is 0 Å². The number of aryl methyl sites for hydroxylation is 2. The summed E-state index contributed by atoms with van der Waals surface area (Å²) in [5.74, 6) is 0.818. The fourth-order valence-corrected chi connectivity index (χ4v) is 5.41. The second-order valence-electron chi connectivity index (χ2n) is 11.5. The summed E-state index contributed by atoms with van der Waals surface area (Å²) in [7, 11) is 0. The Morgan fingerprint density at radius 2 is 0.744 bits per heavy atom. The molecule has 3 rings (SSSR count). The van der Waals surface area contributed by atoms with Gasteiger partial charge in [0.25, 0.3) is 0 Å². The molecular formula is C37H54N2. The largest absolute Gasteiger partial charge is 0.236 e. The summed E-state index contributed by atoms with van der Waals surface area (Å²) in [5.41, 5.74) is 6.32. The lowest BCUT2D eigenvalue weighted by Crippen LogP contribution is -1.93. The zero-order chi connectivity index (χ0) is 27.4. The van der Waals surface area contributed by atoms with Crippen LogP contribution in [0.15, 0.2) is 60.9 Å². The molecule has 0 saturated heterocycles. The number of hydrogen-bond acceptors (Lipinski definition) is 2. The molecule has 1 aromatic heterocycles. The van der Waals surface area contributed by atoms with Crippen LogP contribution in [0.1, 0.15) is 134 Å². The van der Waals surface area contributed by atoms with Crippen LogP contribution in [0.4, 0.5) is 0 Å². The average molecular weight is 527 g/mol. The van der Waals surface area contributed by atoms with Crippen molar-refractivity contribution >= 4 is 0 Å². The molecule has 212 valence electrons. The first-order chi connectivity index (χ1) is 19.3. The molecule has 0 aliphatic carbocycles. The van der Waals surface area contributed by atoms with Crippen molar-refractivity contribution in [3.05, 3.63) is 72.1 Å². The second kappa shape index (κ2) is 19.6. The van der Waals surface area contributed by atoms with Gasteiger partial charge in [0.05, 0.1) is 0 Å². The standard InChI is InChI=1S/C37H54N2/c1-3-5-7-9-11-12-13-15-17-19-21-33-30-38-37(39-31-33)36-28-26-35(27-29-36)34-24-22-32(23-25-34)20-18-16-14-10-8-6-4-2/h22-31H,3-21H2,1-2H3. The maximum atomic E-state index is 4.67. The van der Waals surface area contributed by atoms with E-state index in [-0.39, 0.29) is 0 Å². The molecule has 2 aromatic carbocycles. The maximum Gasteiger partial charge on any atom is 0.159 e. The number of hydrogen-bond donors (Lipinski definition) is 0. The molecule has 0 N–H and O–H groups in total. The molecule has 0 aliphatic heterocycles. The van der Waals surface area contributed by atoms with Crippen molar-refractivity contribution < 1.29 is 0 Å². The molecule has 0 aliphatic rings. The third kappa shape index (κ3) is 12.5. The Hall–Kier alpha value is -2.48. The van der Waals surface area contributed by atoms with E-state index in [0.717, 1.165) is 17.8 Å². The zero-order valence-corrected chi connectivity index (χ0v) is 25.1. The number of aromatic nitrogens is 2. The quantitative estimate of drug-likeness (QED) is 0.129. The molecule has 0 bridgehead atoms. The van der Waals surface area contributed by atoms with E-state index in [2.05, 4.69) is 72.3 Å². The number of benzene rings is 2. The van der Waals surface area contributed by atoms with Gasteiger partial charge in [-0.05, 0) is 47.9 Å². The van der Waals surface area contributed by atoms with E-state index >= 15 is 0 Å². The Bertz CT molecular complexity index is 989. The lowest BCUT2D eigenvalue weighted by molar-refractivity contribution is 0.556. The summed E-state index contributed by atoms with van der Waals surface area (Å²) in [5, 5.41) is 0. The Morgan fingerprint density at radius 3 is 1.21 bits per heavy atom. The minimum Gasteiger partial charge on any atom is -0.236 e. The van der Waals surface area contributed by atoms with Gasteiger partial charge < -0.3 is 0 Å². The topological polar surface area (TPSA) is 25.8 Å². The van der Waals surface area contributed by atoms with Gasteiger partial charge in [0.15, 0.2) is 5.82 Å². The van der Waals surface area contributed by atoms with Crippen molar-refractivity contribution in [2.75, 3.05) is 0 Å². The van der Waals surface area contributed by atoms with Gasteiger partial charge in [-0.3, -0.25) is 0 Å². The summed E-state index contributed by atoms with van der Waals surface area (Å²) in [6.45, 7) is 4.57. The SMILES string of the molecule is CCCCCCCCCCCCc1cnc(-c2ccc(-c3ccc(CCCCCCCCC)cc3)cc2)nc1. The van der Waals surface area contributed by atoms with Crippen LogP contribution < -0.4 is 0 Å². The maximum absolute atomic E-state index is 4.67. The molecule has 0 saturated carbocycles. The molecule has 0 atom stereocenters. The molecular weight excluding hydrogens is 472 g/mol. The molecule has 0 radical (unpaired) electrons. The Morgan fingerprint density at radius 1 is 0.385 bits per heavy atom. The van der Waals surface area contributed by atoms with E-state index in [1.54, 1.807) is 0 Å². The molecule has 0 unspecified atom stereocenters. The van der Waals surface area contributed by atoms with E-state index in [1.807, 2.05) is 12.4 Å². The van der Waals surface area contributed by atoms with Gasteiger partial charge in [0, 0.05) is 18.0 Å². The van der Waals surface area contributed by atoms with Crippen molar-refractivity contribution in [3.63, 3.8) is 0 Å². The predicted molar refractivity (Wildman–Crippen MR) is 170 cm³/mol. The number of nitrogens with zero attached hydrogens (tertiary/aromatic N) is 2. The van der Waals surface area contributed by atoms with Crippen LogP contribution in [0.3, 0.4) is 0 Å². The zero-order valence-electron chi connectivity index (χ0n) is 25.1. The fourth-order valence-electron chi connectivity index (χ4n) is 5.41. The van der Waals surface area contributed by atoms with Gasteiger partial charge in [-0.1, -0.05) is 159 Å². The van der Waals surface area contributed by atoms with Crippen molar-refractivity contribution in [2.24, 2.45) is 0 Å². The molecule has 1 heterocycles. The normalized spacial score (nSPS) is 11.2. The van der Waals surface area contributed by atoms with Crippen molar-refractivity contribution in [3.8, 4) is 22.5 Å². The highest BCUT2D eigenvalue weighted by Gasteiger charge is 2.04. The molecule has 0 amide bonds. The lowest BCUT2D eigenvalue weighted by Gasteiger charge is -2.07. The van der Waals surface area contributed by atoms with Crippen LogP contribution >= 0.6 is 0 Å². The van der Waals surface area contributed by atoms with Gasteiger partial charge >= 0.3 is 0 Å². The van der Waals surface area contributed by atoms with E-state index in [9.17, 15) is 0 Å². The molecule has 2 nitrogen and oxygen atoms in total. The predicted octanol–water partition coefficient (Wildman–Crippen LogP) is 11.6. The van der Waals surface area contributed by atoms with Crippen molar-refractivity contribution in [1.29, 1.82) is 0 Å². The van der Waals surface area contributed by atoms with E-state index in [0.29, 0.717) is 0 Å². The van der Waals surface area contributed by atoms with Gasteiger partial charge in [-0.2, -0.15) is 0 Å². The summed E-state index contributed by atoms with van der Waals surface area (Å²) >= 11 is 0. The van der Waals surface area contributed by atoms with Crippen LogP contribution in [0, 0.1) is 0 Å². The van der Waals surface area contributed by atoms with Gasteiger partial charge in [0.1, 0.15) is 0 Å². The smallest absolute Gasteiger partial charge is 0.159 e. The third-order valence-corrected chi connectivity index (χ3v) is 8.02. The van der Waals surface area contributed by atoms with E-state index in [1.165, 1.54) is 138 Å². The summed E-state index contributed by atoms with van der Waals surface area (Å²) in [6, 6.07) is 17.8. The fraction of sp³-hybridized carbons (Fsp3) is 0.568. The van der Waals surface area contributed by atoms with Crippen molar-refractivity contribution in [1.82, 2.24) is 9.97 Å². The molecule has 0 fully saturated rings. The Kier molecular flexibility index (Phi) is 15.6. The van der Waals surface area contributed by atoms with E-state index in [4.69, 9.17) is 0 Å². The highest BCUT2D eigenvalue weighted by Crippen LogP contribution is 2.24. The Labute approximate surface area is 240 Å². The van der Waals surface area contributed by atoms with Gasteiger partial charge in [-0.25, -0.2) is 9.97 Å². The van der Waals surface area contributed by atoms with Crippen LogP contribution in [0.5, 0.6) is 0 Å². The monoisotopic (exact) mass is 526 g/mol. The van der Waals surface area contributed by atoms with Crippen LogP contribution in [-0.4, -0.2) is 9.97 Å². The second-order valence-corrected chi connectivity index (χ2v) is 11.5. The Balaban J connectivity index is 1.35. The minimum absolute atomic E-state index is 0.818. The van der Waals surface area contributed by atoms with E-state index < -0.39 is 0 Å². The first kappa shape index (κ1) is 31.1. The average Bonchev–Trinajstić information content (AvgIpc) is 2.98. The molecule has 3 aromatic rings.